The summed E-state index contributed by atoms with van der Waals surface area (Å²) in [5.41, 5.74) is 0. The van der Waals surface area contributed by atoms with Crippen LogP contribution in [0.4, 0.5) is 0 Å². The first-order valence-corrected chi connectivity index (χ1v) is 10.4. The van der Waals surface area contributed by atoms with Crippen LogP contribution in [0, 0.1) is 0 Å². The van der Waals surface area contributed by atoms with Crippen molar-refractivity contribution in [1.82, 2.24) is 0 Å². The molecule has 130 valence electrons. The van der Waals surface area contributed by atoms with Crippen LogP contribution in [-0.2, 0) is 28.6 Å². The van der Waals surface area contributed by atoms with Gasteiger partial charge < -0.3 is 9.47 Å². The quantitative estimate of drug-likeness (QED) is 0.644. The standard InChI is InChI=1S/C13H18O8S2/c1-22(14,15)19-8-7-12(21-23(2,16)17)13-9-18-10-5-3-4-6-11(10)20-13/h3-6,12-13H,7-9H2,1-2H3/t12-,13+/m0/s1. The molecular weight excluding hydrogens is 348 g/mol. The van der Waals surface area contributed by atoms with Gasteiger partial charge in [-0.1, -0.05) is 12.1 Å². The van der Waals surface area contributed by atoms with Crippen molar-refractivity contribution in [3.63, 3.8) is 0 Å². The molecule has 0 N–H and O–H groups in total. The minimum Gasteiger partial charge on any atom is -0.486 e. The lowest BCUT2D eigenvalue weighted by atomic mass is 10.1. The molecule has 0 fully saturated rings. The normalized spacial score (nSPS) is 19.3. The lowest BCUT2D eigenvalue weighted by Crippen LogP contribution is -2.42. The van der Waals surface area contributed by atoms with Crippen molar-refractivity contribution in [3.8, 4) is 11.5 Å². The van der Waals surface area contributed by atoms with Crippen LogP contribution < -0.4 is 9.47 Å². The maximum Gasteiger partial charge on any atom is 0.264 e. The van der Waals surface area contributed by atoms with Crippen molar-refractivity contribution < 1.29 is 34.7 Å². The van der Waals surface area contributed by atoms with E-state index in [1.807, 2.05) is 0 Å². The van der Waals surface area contributed by atoms with Crippen molar-refractivity contribution in [3.05, 3.63) is 24.3 Å². The Labute approximate surface area is 135 Å². The maximum absolute atomic E-state index is 11.4. The second kappa shape index (κ2) is 7.04. The summed E-state index contributed by atoms with van der Waals surface area (Å²) < 4.78 is 65.7. The highest BCUT2D eigenvalue weighted by atomic mass is 32.2. The van der Waals surface area contributed by atoms with Gasteiger partial charge in [-0.2, -0.15) is 16.8 Å². The largest absolute Gasteiger partial charge is 0.486 e. The Morgan fingerprint density at radius 1 is 1.13 bits per heavy atom. The average Bonchev–Trinajstić information content (AvgIpc) is 2.43. The first-order valence-electron chi connectivity index (χ1n) is 6.75. The van der Waals surface area contributed by atoms with Crippen molar-refractivity contribution in [1.29, 1.82) is 0 Å². The number of para-hydroxylation sites is 2. The van der Waals surface area contributed by atoms with Gasteiger partial charge in [0.15, 0.2) is 17.6 Å². The van der Waals surface area contributed by atoms with E-state index in [-0.39, 0.29) is 19.6 Å². The predicted molar refractivity (Wildman–Crippen MR) is 81.5 cm³/mol. The highest BCUT2D eigenvalue weighted by Crippen LogP contribution is 2.32. The van der Waals surface area contributed by atoms with E-state index >= 15 is 0 Å². The topological polar surface area (TPSA) is 105 Å². The third-order valence-corrected chi connectivity index (χ3v) is 4.14. The van der Waals surface area contributed by atoms with Gasteiger partial charge in [0.2, 0.25) is 0 Å². The third kappa shape index (κ3) is 5.98. The summed E-state index contributed by atoms with van der Waals surface area (Å²) in [6, 6.07) is 6.95. The molecule has 0 saturated heterocycles. The van der Waals surface area contributed by atoms with Crippen molar-refractivity contribution in [2.45, 2.75) is 18.6 Å². The minimum atomic E-state index is -3.76. The van der Waals surface area contributed by atoms with Crippen LogP contribution in [0.25, 0.3) is 0 Å². The van der Waals surface area contributed by atoms with Crippen molar-refractivity contribution >= 4 is 20.2 Å². The minimum absolute atomic E-state index is 0.0103. The van der Waals surface area contributed by atoms with E-state index in [1.165, 1.54) is 0 Å². The SMILES string of the molecule is CS(=O)(=O)OCC[C@H](OS(C)(=O)=O)[C@H]1COc2ccccc2O1. The van der Waals surface area contributed by atoms with E-state index in [4.69, 9.17) is 13.7 Å². The van der Waals surface area contributed by atoms with Crippen LogP contribution in [0.1, 0.15) is 6.42 Å². The smallest absolute Gasteiger partial charge is 0.264 e. The average molecular weight is 366 g/mol. The molecule has 1 aromatic rings. The second-order valence-corrected chi connectivity index (χ2v) is 8.31. The number of hydrogen-bond donors (Lipinski definition) is 0. The molecule has 0 radical (unpaired) electrons. The van der Waals surface area contributed by atoms with Gasteiger partial charge in [-0.25, -0.2) is 0 Å². The van der Waals surface area contributed by atoms with Gasteiger partial charge in [-0.3, -0.25) is 8.37 Å². The monoisotopic (exact) mass is 366 g/mol. The van der Waals surface area contributed by atoms with Crippen LogP contribution in [0.3, 0.4) is 0 Å². The van der Waals surface area contributed by atoms with E-state index in [0.29, 0.717) is 11.5 Å². The van der Waals surface area contributed by atoms with Gasteiger partial charge in [-0.15, -0.1) is 0 Å². The number of fused-ring (bicyclic) bond motifs is 1. The molecule has 23 heavy (non-hydrogen) atoms. The number of hydrogen-bond acceptors (Lipinski definition) is 8. The van der Waals surface area contributed by atoms with Crippen molar-refractivity contribution in [2.24, 2.45) is 0 Å². The van der Waals surface area contributed by atoms with E-state index < -0.39 is 32.4 Å². The summed E-state index contributed by atoms with van der Waals surface area (Å²) in [6.45, 7) is -0.142. The Bertz CT molecular complexity index is 741. The van der Waals surface area contributed by atoms with Crippen LogP contribution in [-0.4, -0.2) is 54.8 Å². The predicted octanol–water partition coefficient (Wildman–Crippen LogP) is 0.537. The lowest BCUT2D eigenvalue weighted by Gasteiger charge is -2.31. The zero-order valence-corrected chi connectivity index (χ0v) is 14.3. The lowest BCUT2D eigenvalue weighted by molar-refractivity contribution is -0.00217. The molecule has 0 unspecified atom stereocenters. The van der Waals surface area contributed by atoms with E-state index in [1.54, 1.807) is 24.3 Å². The fraction of sp³-hybridized carbons (Fsp3) is 0.538. The fourth-order valence-electron chi connectivity index (χ4n) is 2.06. The number of rotatable bonds is 7. The summed E-state index contributed by atoms with van der Waals surface area (Å²) in [7, 11) is -7.38. The van der Waals surface area contributed by atoms with Gasteiger partial charge in [0, 0.05) is 6.42 Å². The van der Waals surface area contributed by atoms with Crippen LogP contribution >= 0.6 is 0 Å². The first-order chi connectivity index (χ1) is 10.6. The zero-order valence-electron chi connectivity index (χ0n) is 12.7. The highest BCUT2D eigenvalue weighted by Gasteiger charge is 2.32. The summed E-state index contributed by atoms with van der Waals surface area (Å²) in [6.07, 6.45) is 0.198. The summed E-state index contributed by atoms with van der Waals surface area (Å²) in [4.78, 5) is 0. The highest BCUT2D eigenvalue weighted by molar-refractivity contribution is 7.86. The Balaban J connectivity index is 2.08. The third-order valence-electron chi connectivity index (χ3n) is 2.94. The molecule has 1 aliphatic heterocycles. The molecule has 1 aliphatic rings. The molecule has 10 heteroatoms. The Kier molecular flexibility index (Phi) is 5.50. The second-order valence-electron chi connectivity index (χ2n) is 5.07. The fourth-order valence-corrected chi connectivity index (χ4v) is 3.12. The van der Waals surface area contributed by atoms with Gasteiger partial charge >= 0.3 is 0 Å². The van der Waals surface area contributed by atoms with Gasteiger partial charge in [0.25, 0.3) is 20.2 Å². The molecule has 0 aromatic heterocycles. The van der Waals surface area contributed by atoms with E-state index in [0.717, 1.165) is 12.5 Å². The molecule has 0 aliphatic carbocycles. The van der Waals surface area contributed by atoms with Crippen LogP contribution in [0.15, 0.2) is 24.3 Å². The van der Waals surface area contributed by atoms with Crippen LogP contribution in [0.5, 0.6) is 11.5 Å². The number of benzene rings is 1. The molecule has 2 atom stereocenters. The first kappa shape index (κ1) is 18.0. The zero-order chi connectivity index (χ0) is 17.1. The molecule has 0 amide bonds. The number of ether oxygens (including phenoxy) is 2. The molecule has 8 nitrogen and oxygen atoms in total. The Morgan fingerprint density at radius 2 is 1.78 bits per heavy atom. The Morgan fingerprint density at radius 3 is 2.39 bits per heavy atom. The molecule has 0 spiro atoms. The molecule has 1 heterocycles. The summed E-state index contributed by atoms with van der Waals surface area (Å²) in [5.74, 6) is 1.02. The van der Waals surface area contributed by atoms with Crippen LogP contribution in [0.2, 0.25) is 0 Å². The molecular formula is C13H18O8S2. The van der Waals surface area contributed by atoms with Gasteiger partial charge in [0.05, 0.1) is 19.1 Å². The molecule has 0 saturated carbocycles. The molecule has 2 rings (SSSR count). The maximum atomic E-state index is 11.4. The Hall–Kier alpha value is -1.36. The molecule has 0 bridgehead atoms. The summed E-state index contributed by atoms with van der Waals surface area (Å²) >= 11 is 0. The van der Waals surface area contributed by atoms with E-state index in [2.05, 4.69) is 4.18 Å². The van der Waals surface area contributed by atoms with Gasteiger partial charge in [-0.05, 0) is 12.1 Å². The van der Waals surface area contributed by atoms with E-state index in [9.17, 15) is 16.8 Å². The van der Waals surface area contributed by atoms with Gasteiger partial charge in [0.1, 0.15) is 12.7 Å². The van der Waals surface area contributed by atoms with Crippen molar-refractivity contribution in [2.75, 3.05) is 25.7 Å². The molecule has 1 aromatic carbocycles. The summed E-state index contributed by atoms with van der Waals surface area (Å²) in [5, 5.41) is 0.